The van der Waals surface area contributed by atoms with Crippen LogP contribution < -0.4 is 29.1 Å². The number of aromatic nitrogens is 4. The van der Waals surface area contributed by atoms with Gasteiger partial charge in [0, 0.05) is 109 Å². The Bertz CT molecular complexity index is 3700. The molecule has 0 radical (unpaired) electrons. The zero-order chi connectivity index (χ0) is 65.5. The number of hydrogen-bond acceptors (Lipinski definition) is 14. The quantitative estimate of drug-likeness (QED) is 0.0458. The van der Waals surface area contributed by atoms with Gasteiger partial charge in [-0.05, 0) is 116 Å². The van der Waals surface area contributed by atoms with Gasteiger partial charge in [0.05, 0.1) is 47.7 Å². The first-order valence-corrected chi connectivity index (χ1v) is 31.8. The number of ether oxygens (including phenoxy) is 2. The van der Waals surface area contributed by atoms with Gasteiger partial charge in [0.15, 0.2) is 11.7 Å². The highest BCUT2D eigenvalue weighted by molar-refractivity contribution is 6.37. The topological polar surface area (TPSA) is 139 Å². The van der Waals surface area contributed by atoms with Gasteiger partial charge in [-0.25, -0.2) is 30.7 Å². The molecule has 92 heavy (non-hydrogen) atoms. The van der Waals surface area contributed by atoms with E-state index in [1.54, 1.807) is 12.1 Å². The van der Waals surface area contributed by atoms with Crippen LogP contribution in [0.15, 0.2) is 85.5 Å². The van der Waals surface area contributed by atoms with Crippen LogP contribution in [0, 0.1) is 35.6 Å². The number of halogens is 6. The molecular formula is C68H76Cl2F4N14O4. The largest absolute Gasteiger partial charge is 0.463 e. The van der Waals surface area contributed by atoms with E-state index in [4.69, 9.17) is 65.8 Å². The van der Waals surface area contributed by atoms with Crippen LogP contribution in [0.3, 0.4) is 0 Å². The number of anilines is 4. The molecule has 6 heterocycles. The molecule has 4 aliphatic heterocycles. The molecule has 6 aliphatic rings. The molecule has 0 spiro atoms. The average molecular weight is 1300 g/mol. The fraction of sp³-hybridized carbons (Fsp3) is 0.471. The van der Waals surface area contributed by atoms with Gasteiger partial charge >= 0.3 is 12.0 Å². The third-order valence-electron chi connectivity index (χ3n) is 18.6. The first-order chi connectivity index (χ1) is 44.0. The van der Waals surface area contributed by atoms with E-state index in [0.29, 0.717) is 87.7 Å². The number of nitrogens with zero attached hydrogens (tertiary/aromatic N) is 14. The standard InChI is InChI=1S/2C34H38ClF2N7O2/c2*1-21-15-25-27(18-44(21)28-8-6-7-23-9-10-26(37)30(35)29(23)28)39-33(46-20-34(11-12-34)19-41(4)5)40-31(25)42-13-14-43(32(45)22(2)36)24(17-42)16-38-3/h2*6-10,21,24H,2,11-20H2,1,4-5H3/t21-,24+;21-,24-/m10/s1. The Balaban J connectivity index is 0.000000188. The summed E-state index contributed by atoms with van der Waals surface area (Å²) in [5.74, 6) is -3.18. The minimum Gasteiger partial charge on any atom is -0.463 e. The summed E-state index contributed by atoms with van der Waals surface area (Å²) >= 11 is 13.1. The normalized spacial score (nSPS) is 20.4. The van der Waals surface area contributed by atoms with Crippen LogP contribution in [-0.2, 0) is 35.5 Å². The lowest BCUT2D eigenvalue weighted by Crippen LogP contribution is -2.57. The molecule has 6 aromatic rings. The van der Waals surface area contributed by atoms with E-state index in [0.717, 1.165) is 83.4 Å². The number of benzene rings is 4. The van der Waals surface area contributed by atoms with Gasteiger partial charge in [-0.2, -0.15) is 19.9 Å². The van der Waals surface area contributed by atoms with E-state index < -0.39 is 47.2 Å². The molecule has 2 amide bonds. The molecule has 24 heteroatoms. The SMILES string of the molecule is [C-]#[N+]C[C@H]1CN(c2nc(OCC3(CN(C)C)CC3)nc3c2C[C@@H](C)N(c2cccc4ccc(F)c(Cl)c24)C3)CCN1C(=O)C(=C)F.[C-]#[N+]C[C@H]1CN(c2nc(OCC3(CN(C)C)CC3)nc3c2C[C@H](C)N(c2cccc4ccc(F)c(Cl)c24)C3)CCN1C(=O)C(=C)F. The highest BCUT2D eigenvalue weighted by Crippen LogP contribution is 2.48. The van der Waals surface area contributed by atoms with E-state index in [2.05, 4.69) is 94.3 Å². The van der Waals surface area contributed by atoms with Crippen molar-refractivity contribution >= 4 is 79.6 Å². The van der Waals surface area contributed by atoms with Crippen LogP contribution in [0.2, 0.25) is 10.0 Å². The first kappa shape index (κ1) is 65.5. The van der Waals surface area contributed by atoms with Crippen LogP contribution in [0.1, 0.15) is 62.0 Å². The Morgan fingerprint density at radius 3 is 1.36 bits per heavy atom. The molecule has 18 nitrogen and oxygen atoms in total. The molecule has 0 bridgehead atoms. The number of rotatable bonds is 18. The first-order valence-electron chi connectivity index (χ1n) is 31.1. The monoisotopic (exact) mass is 1300 g/mol. The fourth-order valence-electron chi connectivity index (χ4n) is 13.8. The van der Waals surface area contributed by atoms with Crippen LogP contribution in [0.25, 0.3) is 31.2 Å². The zero-order valence-corrected chi connectivity index (χ0v) is 54.3. The number of piperazine rings is 2. The van der Waals surface area contributed by atoms with Crippen LogP contribution in [0.4, 0.5) is 40.6 Å². The van der Waals surface area contributed by atoms with Crippen molar-refractivity contribution in [2.24, 2.45) is 10.8 Å². The summed E-state index contributed by atoms with van der Waals surface area (Å²) in [7, 11) is 8.21. The molecule has 2 aliphatic carbocycles. The molecule has 0 unspecified atom stereocenters. The van der Waals surface area contributed by atoms with Crippen molar-refractivity contribution < 1.29 is 36.6 Å². The second kappa shape index (κ2) is 26.9. The summed E-state index contributed by atoms with van der Waals surface area (Å²) in [4.78, 5) is 67.6. The van der Waals surface area contributed by atoms with Crippen molar-refractivity contribution in [3.05, 3.63) is 153 Å². The van der Waals surface area contributed by atoms with Gasteiger partial charge in [-0.1, -0.05) is 72.8 Å². The maximum absolute atomic E-state index is 14.7. The molecule has 4 atom stereocenters. The van der Waals surface area contributed by atoms with Crippen molar-refractivity contribution in [3.63, 3.8) is 0 Å². The molecule has 0 N–H and O–H groups in total. The molecule has 484 valence electrons. The summed E-state index contributed by atoms with van der Waals surface area (Å²) in [5.41, 5.74) is 5.26. The van der Waals surface area contributed by atoms with Crippen molar-refractivity contribution in [1.29, 1.82) is 0 Å². The highest BCUT2D eigenvalue weighted by atomic mass is 35.5. The van der Waals surface area contributed by atoms with E-state index >= 15 is 0 Å². The maximum Gasteiger partial charge on any atom is 0.318 e. The lowest BCUT2D eigenvalue weighted by Gasteiger charge is -2.42. The number of fused-ring (bicyclic) bond motifs is 4. The third-order valence-corrected chi connectivity index (χ3v) is 19.4. The van der Waals surface area contributed by atoms with Crippen molar-refractivity contribution in [1.82, 2.24) is 39.5 Å². The highest BCUT2D eigenvalue weighted by Gasteiger charge is 2.46. The van der Waals surface area contributed by atoms with Gasteiger partial charge in [0.2, 0.25) is 13.1 Å². The van der Waals surface area contributed by atoms with Gasteiger partial charge in [0.1, 0.15) is 35.4 Å². The number of hydrogen-bond donors (Lipinski definition) is 0. The zero-order valence-electron chi connectivity index (χ0n) is 52.8. The smallest absolute Gasteiger partial charge is 0.318 e. The van der Waals surface area contributed by atoms with Crippen LogP contribution in [-0.4, -0.2) is 182 Å². The van der Waals surface area contributed by atoms with Crippen molar-refractivity contribution in [3.8, 4) is 12.0 Å². The molecular weight excluding hydrogens is 1220 g/mol. The Morgan fingerprint density at radius 2 is 1.01 bits per heavy atom. The molecule has 2 aromatic heterocycles. The third kappa shape index (κ3) is 13.7. The molecule has 2 saturated carbocycles. The van der Waals surface area contributed by atoms with E-state index in [9.17, 15) is 27.2 Å². The minimum atomic E-state index is -1.03. The van der Waals surface area contributed by atoms with E-state index in [1.165, 1.54) is 21.9 Å². The van der Waals surface area contributed by atoms with Gasteiger partial charge in [-0.3, -0.25) is 9.59 Å². The van der Waals surface area contributed by atoms with E-state index in [-0.39, 0.29) is 71.2 Å². The van der Waals surface area contributed by atoms with Gasteiger partial charge in [-0.15, -0.1) is 0 Å². The molecule has 12 rings (SSSR count). The molecule has 2 saturated heterocycles. The number of carbonyl (C=O) groups excluding carboxylic acids is 2. The Hall–Kier alpha value is -8.02. The van der Waals surface area contributed by atoms with E-state index in [1.807, 2.05) is 36.4 Å². The van der Waals surface area contributed by atoms with Crippen LogP contribution >= 0.6 is 23.2 Å². The van der Waals surface area contributed by atoms with Gasteiger partial charge in [0.25, 0.3) is 11.8 Å². The van der Waals surface area contributed by atoms with Crippen molar-refractivity contribution in [2.45, 2.75) is 89.6 Å². The number of carbonyl (C=O) groups is 2. The summed E-state index contributed by atoms with van der Waals surface area (Å²) in [5, 5.41) is 3.17. The Morgan fingerprint density at radius 1 is 0.620 bits per heavy atom. The second-order valence-corrected chi connectivity index (χ2v) is 26.8. The summed E-state index contributed by atoms with van der Waals surface area (Å²) in [6.45, 7) is 31.1. The van der Waals surface area contributed by atoms with Crippen LogP contribution in [0.5, 0.6) is 12.0 Å². The summed E-state index contributed by atoms with van der Waals surface area (Å²) in [6, 6.07) is 17.3. The Labute approximate surface area is 544 Å². The summed E-state index contributed by atoms with van der Waals surface area (Å²) in [6.07, 6.45) is 5.46. The van der Waals surface area contributed by atoms with Crippen molar-refractivity contribution in [2.75, 3.05) is 126 Å². The van der Waals surface area contributed by atoms with Gasteiger partial charge < -0.3 is 58.4 Å². The fourth-order valence-corrected chi connectivity index (χ4v) is 14.3. The maximum atomic E-state index is 14.7. The predicted octanol–water partition coefficient (Wildman–Crippen LogP) is 11.0. The predicted molar refractivity (Wildman–Crippen MR) is 351 cm³/mol. The average Bonchev–Trinajstić information content (AvgIpc) is 1.03. The lowest BCUT2D eigenvalue weighted by molar-refractivity contribution is -0.131. The lowest BCUT2D eigenvalue weighted by atomic mass is 9.96. The minimum absolute atomic E-state index is 0.0156. The molecule has 4 fully saturated rings. The second-order valence-electron chi connectivity index (χ2n) is 26.1. The Kier molecular flexibility index (Phi) is 19.1. The molecule has 4 aromatic carbocycles. The summed E-state index contributed by atoms with van der Waals surface area (Å²) < 4.78 is 69.7. The number of amides is 2.